The fourth-order valence-electron chi connectivity index (χ4n) is 2.00. The molecule has 0 saturated heterocycles. The van der Waals surface area contributed by atoms with Crippen molar-refractivity contribution in [1.82, 2.24) is 0 Å². The average Bonchev–Trinajstić information content (AvgIpc) is 2.43. The van der Waals surface area contributed by atoms with E-state index < -0.39 is 9.85 Å². The van der Waals surface area contributed by atoms with Crippen LogP contribution < -0.4 is 9.47 Å². The molecule has 0 fully saturated rings. The molecule has 0 spiro atoms. The fourth-order valence-corrected chi connectivity index (χ4v) is 2.00. The molecule has 1 aliphatic rings. The van der Waals surface area contributed by atoms with Crippen LogP contribution in [-0.4, -0.2) is 22.6 Å². The summed E-state index contributed by atoms with van der Waals surface area (Å²) in [5.74, 6) is 0.527. The Bertz CT molecular complexity index is 625. The van der Waals surface area contributed by atoms with E-state index in [-0.39, 0.29) is 35.2 Å². The maximum Gasteiger partial charge on any atom is 0.280 e. The van der Waals surface area contributed by atoms with Gasteiger partial charge in [-0.05, 0) is 13.0 Å². The van der Waals surface area contributed by atoms with Gasteiger partial charge in [0.2, 0.25) is 5.70 Å². The summed E-state index contributed by atoms with van der Waals surface area (Å²) < 4.78 is 11.0. The van der Waals surface area contributed by atoms with Gasteiger partial charge in [-0.2, -0.15) is 0 Å². The van der Waals surface area contributed by atoms with Crippen LogP contribution in [0.25, 0.3) is 6.08 Å². The predicted octanol–water partition coefficient (Wildman–Crippen LogP) is 2.78. The zero-order valence-corrected chi connectivity index (χ0v) is 11.6. The molecule has 0 aliphatic carbocycles. The third kappa shape index (κ3) is 2.93. The molecule has 1 heterocycles. The van der Waals surface area contributed by atoms with Gasteiger partial charge in [0.1, 0.15) is 18.3 Å². The summed E-state index contributed by atoms with van der Waals surface area (Å²) in [5.41, 5.74) is -0.315. The highest BCUT2D eigenvalue weighted by Crippen LogP contribution is 2.41. The minimum absolute atomic E-state index is 0.0672. The molecule has 21 heavy (non-hydrogen) atoms. The molecule has 1 aromatic rings. The molecule has 1 unspecified atom stereocenters. The topological polar surface area (TPSA) is 105 Å². The van der Waals surface area contributed by atoms with E-state index in [0.29, 0.717) is 12.4 Å². The largest absolute Gasteiger partial charge is 0.486 e. The normalized spacial score (nSPS) is 17.4. The highest BCUT2D eigenvalue weighted by molar-refractivity contribution is 5.72. The number of hydrogen-bond donors (Lipinski definition) is 0. The molecular formula is C13H14N2O6. The molecule has 2 rings (SSSR count). The Labute approximate surface area is 120 Å². The molecule has 8 nitrogen and oxygen atoms in total. The van der Waals surface area contributed by atoms with Crippen LogP contribution >= 0.6 is 0 Å². The Hall–Kier alpha value is -2.64. The minimum atomic E-state index is -0.595. The van der Waals surface area contributed by atoms with Crippen LogP contribution in [0.4, 0.5) is 5.69 Å². The van der Waals surface area contributed by atoms with E-state index in [1.165, 1.54) is 18.2 Å². The van der Waals surface area contributed by atoms with Crippen molar-refractivity contribution in [2.45, 2.75) is 26.4 Å². The standard InChI is InChI=1S/C13H14N2O6/c1-3-9(14(16)17)6-10-11(15(18)19)4-5-12-13(10)21-8(2)7-20-12/h4-6,8H,3,7H2,1-2H3. The van der Waals surface area contributed by atoms with E-state index in [2.05, 4.69) is 0 Å². The number of fused-ring (bicyclic) bond motifs is 1. The number of ether oxygens (including phenoxy) is 2. The maximum absolute atomic E-state index is 11.1. The molecule has 0 amide bonds. The quantitative estimate of drug-likeness (QED) is 0.624. The van der Waals surface area contributed by atoms with Gasteiger partial charge in [-0.1, -0.05) is 6.92 Å². The van der Waals surface area contributed by atoms with Gasteiger partial charge < -0.3 is 9.47 Å². The van der Waals surface area contributed by atoms with Gasteiger partial charge in [0.05, 0.1) is 9.85 Å². The SMILES string of the molecule is CCC(=Cc1c([N+](=O)[O-])ccc2c1OC(C)CO2)[N+](=O)[O-]. The van der Waals surface area contributed by atoms with Crippen LogP contribution in [-0.2, 0) is 0 Å². The second-order valence-corrected chi connectivity index (χ2v) is 4.57. The van der Waals surface area contributed by atoms with E-state index in [1.54, 1.807) is 13.8 Å². The van der Waals surface area contributed by atoms with Crippen molar-refractivity contribution in [3.05, 3.63) is 43.6 Å². The number of nitro benzene ring substituents is 1. The first-order chi connectivity index (χ1) is 9.93. The predicted molar refractivity (Wildman–Crippen MR) is 73.9 cm³/mol. The molecule has 0 radical (unpaired) electrons. The van der Waals surface area contributed by atoms with Crippen molar-refractivity contribution in [3.63, 3.8) is 0 Å². The van der Waals surface area contributed by atoms with Crippen molar-refractivity contribution in [2.75, 3.05) is 6.61 Å². The van der Waals surface area contributed by atoms with Crippen LogP contribution in [0.1, 0.15) is 25.8 Å². The van der Waals surface area contributed by atoms with Crippen molar-refractivity contribution in [3.8, 4) is 11.5 Å². The van der Waals surface area contributed by atoms with E-state index in [1.807, 2.05) is 0 Å². The minimum Gasteiger partial charge on any atom is -0.486 e. The first-order valence-corrected chi connectivity index (χ1v) is 6.39. The number of nitro groups is 2. The first kappa shape index (κ1) is 14.8. The summed E-state index contributed by atoms with van der Waals surface area (Å²) in [7, 11) is 0. The van der Waals surface area contributed by atoms with Gasteiger partial charge in [-0.15, -0.1) is 0 Å². The van der Waals surface area contributed by atoms with Crippen LogP contribution in [0, 0.1) is 20.2 Å². The lowest BCUT2D eigenvalue weighted by Gasteiger charge is -2.25. The number of rotatable bonds is 4. The van der Waals surface area contributed by atoms with Crippen LogP contribution in [0.5, 0.6) is 11.5 Å². The lowest BCUT2D eigenvalue weighted by molar-refractivity contribution is -0.425. The summed E-state index contributed by atoms with van der Waals surface area (Å²) in [5, 5.41) is 22.1. The molecular weight excluding hydrogens is 280 g/mol. The summed E-state index contributed by atoms with van der Waals surface area (Å²) in [6, 6.07) is 2.70. The third-order valence-electron chi connectivity index (χ3n) is 3.03. The van der Waals surface area contributed by atoms with E-state index in [9.17, 15) is 20.2 Å². The fraction of sp³-hybridized carbons (Fsp3) is 0.385. The zero-order valence-electron chi connectivity index (χ0n) is 11.6. The van der Waals surface area contributed by atoms with Gasteiger partial charge in [-0.3, -0.25) is 20.2 Å². The highest BCUT2D eigenvalue weighted by atomic mass is 16.6. The van der Waals surface area contributed by atoms with Crippen LogP contribution in [0.15, 0.2) is 17.8 Å². The second kappa shape index (κ2) is 5.78. The first-order valence-electron chi connectivity index (χ1n) is 6.39. The van der Waals surface area contributed by atoms with Crippen molar-refractivity contribution in [1.29, 1.82) is 0 Å². The maximum atomic E-state index is 11.1. The summed E-state index contributed by atoms with van der Waals surface area (Å²) in [6.07, 6.45) is 1.04. The molecule has 0 saturated carbocycles. The van der Waals surface area contributed by atoms with Crippen molar-refractivity contribution in [2.24, 2.45) is 0 Å². The second-order valence-electron chi connectivity index (χ2n) is 4.57. The van der Waals surface area contributed by atoms with Gasteiger partial charge in [0.25, 0.3) is 5.69 Å². The van der Waals surface area contributed by atoms with Gasteiger partial charge >= 0.3 is 0 Å². The smallest absolute Gasteiger partial charge is 0.280 e. The lowest BCUT2D eigenvalue weighted by Crippen LogP contribution is -2.26. The van der Waals surface area contributed by atoms with Crippen molar-refractivity contribution < 1.29 is 19.3 Å². The van der Waals surface area contributed by atoms with Gasteiger partial charge in [0, 0.05) is 18.6 Å². The zero-order chi connectivity index (χ0) is 15.6. The molecule has 1 atom stereocenters. The number of benzene rings is 1. The van der Waals surface area contributed by atoms with E-state index >= 15 is 0 Å². The van der Waals surface area contributed by atoms with E-state index in [0.717, 1.165) is 0 Å². The number of nitrogens with zero attached hydrogens (tertiary/aromatic N) is 2. The monoisotopic (exact) mass is 294 g/mol. The molecule has 1 aromatic carbocycles. The summed E-state index contributed by atoms with van der Waals surface area (Å²) in [6.45, 7) is 3.68. The summed E-state index contributed by atoms with van der Waals surface area (Å²) in [4.78, 5) is 20.9. The molecule has 1 aliphatic heterocycles. The third-order valence-corrected chi connectivity index (χ3v) is 3.03. The highest BCUT2D eigenvalue weighted by Gasteiger charge is 2.28. The van der Waals surface area contributed by atoms with Gasteiger partial charge in [-0.25, -0.2) is 0 Å². The average molecular weight is 294 g/mol. The van der Waals surface area contributed by atoms with E-state index in [4.69, 9.17) is 9.47 Å². The molecule has 8 heteroatoms. The molecule has 112 valence electrons. The molecule has 0 bridgehead atoms. The Morgan fingerprint density at radius 2 is 2.14 bits per heavy atom. The number of allylic oxidation sites excluding steroid dienone is 1. The molecule has 0 aromatic heterocycles. The Morgan fingerprint density at radius 1 is 1.43 bits per heavy atom. The Kier molecular flexibility index (Phi) is 4.06. The van der Waals surface area contributed by atoms with Crippen LogP contribution in [0.2, 0.25) is 0 Å². The Morgan fingerprint density at radius 3 is 2.71 bits per heavy atom. The molecule has 0 N–H and O–H groups in total. The number of hydrogen-bond acceptors (Lipinski definition) is 6. The Balaban J connectivity index is 2.65. The van der Waals surface area contributed by atoms with Crippen molar-refractivity contribution >= 4 is 11.8 Å². The summed E-state index contributed by atoms with van der Waals surface area (Å²) >= 11 is 0. The van der Waals surface area contributed by atoms with Crippen LogP contribution in [0.3, 0.4) is 0 Å². The van der Waals surface area contributed by atoms with Gasteiger partial charge in [0.15, 0.2) is 11.5 Å². The lowest BCUT2D eigenvalue weighted by atomic mass is 10.1.